The molecule has 1 aromatic carbocycles. The van der Waals surface area contributed by atoms with Crippen molar-refractivity contribution in [1.29, 1.82) is 0 Å². The van der Waals surface area contributed by atoms with E-state index in [4.69, 9.17) is 5.11 Å². The van der Waals surface area contributed by atoms with Crippen LogP contribution in [0.2, 0.25) is 0 Å². The molecule has 0 fully saturated rings. The van der Waals surface area contributed by atoms with E-state index in [9.17, 15) is 14.0 Å². The second kappa shape index (κ2) is 5.25. The normalized spacial score (nSPS) is 9.88. The Bertz CT molecular complexity index is 389. The van der Waals surface area contributed by atoms with E-state index in [1.165, 1.54) is 24.3 Å². The van der Waals surface area contributed by atoms with Crippen LogP contribution in [-0.4, -0.2) is 23.5 Å². The zero-order chi connectivity index (χ0) is 12.1. The Hall–Kier alpha value is -1.91. The summed E-state index contributed by atoms with van der Waals surface area (Å²) >= 11 is 0. The fourth-order valence-corrected chi connectivity index (χ4v) is 1.27. The van der Waals surface area contributed by atoms with Gasteiger partial charge in [-0.15, -0.1) is 0 Å². The summed E-state index contributed by atoms with van der Waals surface area (Å²) < 4.78 is 12.7. The fraction of sp³-hybridized carbons (Fsp3) is 0.273. The summed E-state index contributed by atoms with van der Waals surface area (Å²) in [4.78, 5) is 23.2. The SMILES string of the molecule is CCC(=O)N(CC(=O)O)c1ccc(F)cc1. The summed E-state index contributed by atoms with van der Waals surface area (Å²) in [5.74, 6) is -1.84. The van der Waals surface area contributed by atoms with Gasteiger partial charge in [-0.25, -0.2) is 4.39 Å². The molecule has 0 saturated carbocycles. The van der Waals surface area contributed by atoms with E-state index in [0.717, 1.165) is 4.90 Å². The lowest BCUT2D eigenvalue weighted by Gasteiger charge is -2.20. The number of carboxylic acids is 1. The number of carbonyl (C=O) groups excluding carboxylic acids is 1. The van der Waals surface area contributed by atoms with Crippen molar-refractivity contribution in [3.8, 4) is 0 Å². The summed E-state index contributed by atoms with van der Waals surface area (Å²) in [6.45, 7) is 1.22. The predicted octanol–water partition coefficient (Wildman–Crippen LogP) is 1.65. The van der Waals surface area contributed by atoms with E-state index in [-0.39, 0.29) is 12.3 Å². The maximum absolute atomic E-state index is 12.7. The number of hydrogen-bond acceptors (Lipinski definition) is 2. The average molecular weight is 225 g/mol. The molecule has 0 atom stereocenters. The van der Waals surface area contributed by atoms with Gasteiger partial charge < -0.3 is 10.0 Å². The first-order chi connectivity index (χ1) is 7.54. The molecular formula is C11H12FNO3. The van der Waals surface area contributed by atoms with Gasteiger partial charge in [0.05, 0.1) is 0 Å². The molecule has 1 rings (SSSR count). The molecule has 1 aromatic rings. The number of carbonyl (C=O) groups is 2. The number of amides is 1. The van der Waals surface area contributed by atoms with Crippen molar-refractivity contribution in [2.24, 2.45) is 0 Å². The number of hydrogen-bond donors (Lipinski definition) is 1. The van der Waals surface area contributed by atoms with Crippen LogP contribution in [0.4, 0.5) is 10.1 Å². The van der Waals surface area contributed by atoms with Crippen molar-refractivity contribution in [3.63, 3.8) is 0 Å². The molecule has 0 unspecified atom stereocenters. The molecule has 0 saturated heterocycles. The molecule has 4 nitrogen and oxygen atoms in total. The van der Waals surface area contributed by atoms with Crippen LogP contribution in [0.25, 0.3) is 0 Å². The van der Waals surface area contributed by atoms with Crippen LogP contribution in [-0.2, 0) is 9.59 Å². The minimum absolute atomic E-state index is 0.199. The Balaban J connectivity index is 2.96. The molecule has 0 spiro atoms. The molecule has 0 radical (unpaired) electrons. The fourth-order valence-electron chi connectivity index (χ4n) is 1.27. The lowest BCUT2D eigenvalue weighted by Crippen LogP contribution is -2.35. The number of aliphatic carboxylic acids is 1. The lowest BCUT2D eigenvalue weighted by atomic mass is 10.2. The van der Waals surface area contributed by atoms with E-state index < -0.39 is 18.3 Å². The molecular weight excluding hydrogens is 213 g/mol. The first kappa shape index (κ1) is 12.2. The lowest BCUT2D eigenvalue weighted by molar-refractivity contribution is -0.136. The summed E-state index contributed by atoms with van der Waals surface area (Å²) in [5, 5.41) is 8.68. The Morgan fingerprint density at radius 1 is 1.31 bits per heavy atom. The average Bonchev–Trinajstić information content (AvgIpc) is 2.26. The Labute approximate surface area is 92.3 Å². The van der Waals surface area contributed by atoms with E-state index in [0.29, 0.717) is 5.69 Å². The van der Waals surface area contributed by atoms with Crippen molar-refractivity contribution >= 4 is 17.6 Å². The van der Waals surface area contributed by atoms with Crippen molar-refractivity contribution in [3.05, 3.63) is 30.1 Å². The van der Waals surface area contributed by atoms with Crippen molar-refractivity contribution < 1.29 is 19.1 Å². The van der Waals surface area contributed by atoms with Gasteiger partial charge in [-0.1, -0.05) is 6.92 Å². The summed E-state index contributed by atoms with van der Waals surface area (Å²) in [5.41, 5.74) is 0.385. The molecule has 1 amide bonds. The van der Waals surface area contributed by atoms with Gasteiger partial charge in [0.1, 0.15) is 12.4 Å². The van der Waals surface area contributed by atoms with Gasteiger partial charge in [-0.3, -0.25) is 9.59 Å². The van der Waals surface area contributed by atoms with E-state index in [1.54, 1.807) is 6.92 Å². The zero-order valence-corrected chi connectivity index (χ0v) is 8.81. The molecule has 0 bridgehead atoms. The van der Waals surface area contributed by atoms with Gasteiger partial charge in [0.25, 0.3) is 0 Å². The van der Waals surface area contributed by atoms with Crippen LogP contribution < -0.4 is 4.90 Å². The minimum Gasteiger partial charge on any atom is -0.480 e. The minimum atomic E-state index is -1.11. The Morgan fingerprint density at radius 3 is 2.31 bits per heavy atom. The molecule has 1 N–H and O–H groups in total. The predicted molar refractivity (Wildman–Crippen MR) is 56.7 cm³/mol. The number of nitrogens with zero attached hydrogens (tertiary/aromatic N) is 1. The molecule has 5 heteroatoms. The number of rotatable bonds is 4. The van der Waals surface area contributed by atoms with Crippen LogP contribution in [0.3, 0.4) is 0 Å². The van der Waals surface area contributed by atoms with Crippen molar-refractivity contribution in [1.82, 2.24) is 0 Å². The van der Waals surface area contributed by atoms with E-state index in [2.05, 4.69) is 0 Å². The number of halogens is 1. The molecule has 0 aliphatic carbocycles. The molecule has 0 aliphatic heterocycles. The summed E-state index contributed by atoms with van der Waals surface area (Å²) in [7, 11) is 0. The number of anilines is 1. The molecule has 0 aromatic heterocycles. The monoisotopic (exact) mass is 225 g/mol. The van der Waals surface area contributed by atoms with Crippen LogP contribution in [0, 0.1) is 5.82 Å². The highest BCUT2D eigenvalue weighted by atomic mass is 19.1. The third-order valence-corrected chi connectivity index (χ3v) is 2.04. The third kappa shape index (κ3) is 3.05. The van der Waals surface area contributed by atoms with Gasteiger partial charge in [-0.2, -0.15) is 0 Å². The maximum Gasteiger partial charge on any atom is 0.323 e. The largest absolute Gasteiger partial charge is 0.480 e. The van der Waals surface area contributed by atoms with E-state index >= 15 is 0 Å². The van der Waals surface area contributed by atoms with Crippen molar-refractivity contribution in [2.45, 2.75) is 13.3 Å². The number of carboxylic acid groups (broad SMARTS) is 1. The third-order valence-electron chi connectivity index (χ3n) is 2.04. The van der Waals surface area contributed by atoms with Crippen LogP contribution in [0.1, 0.15) is 13.3 Å². The first-order valence-electron chi connectivity index (χ1n) is 4.82. The van der Waals surface area contributed by atoms with Crippen LogP contribution in [0.5, 0.6) is 0 Å². The van der Waals surface area contributed by atoms with Gasteiger partial charge in [0, 0.05) is 12.1 Å². The smallest absolute Gasteiger partial charge is 0.323 e. The summed E-state index contributed by atoms with van der Waals surface area (Å²) in [6.07, 6.45) is 0.199. The van der Waals surface area contributed by atoms with Gasteiger partial charge in [-0.05, 0) is 24.3 Å². The highest BCUT2D eigenvalue weighted by Crippen LogP contribution is 2.15. The Kier molecular flexibility index (Phi) is 3.99. The zero-order valence-electron chi connectivity index (χ0n) is 8.81. The van der Waals surface area contributed by atoms with Crippen molar-refractivity contribution in [2.75, 3.05) is 11.4 Å². The van der Waals surface area contributed by atoms with Gasteiger partial charge in [0.2, 0.25) is 5.91 Å². The highest BCUT2D eigenvalue weighted by molar-refractivity contribution is 5.97. The second-order valence-electron chi connectivity index (χ2n) is 3.20. The highest BCUT2D eigenvalue weighted by Gasteiger charge is 2.16. The van der Waals surface area contributed by atoms with Crippen LogP contribution >= 0.6 is 0 Å². The molecule has 0 heterocycles. The first-order valence-corrected chi connectivity index (χ1v) is 4.82. The van der Waals surface area contributed by atoms with Gasteiger partial charge >= 0.3 is 5.97 Å². The van der Waals surface area contributed by atoms with Gasteiger partial charge in [0.15, 0.2) is 0 Å². The van der Waals surface area contributed by atoms with Crippen LogP contribution in [0.15, 0.2) is 24.3 Å². The molecule has 0 aliphatic rings. The summed E-state index contributed by atoms with van der Waals surface area (Å²) in [6, 6.07) is 5.14. The number of benzene rings is 1. The quantitative estimate of drug-likeness (QED) is 0.847. The molecule has 16 heavy (non-hydrogen) atoms. The topological polar surface area (TPSA) is 57.6 Å². The standard InChI is InChI=1S/C11H12FNO3/c1-2-10(14)13(7-11(15)16)9-5-3-8(12)4-6-9/h3-6H,2,7H2,1H3,(H,15,16). The maximum atomic E-state index is 12.7. The van der Waals surface area contributed by atoms with E-state index in [1.807, 2.05) is 0 Å². The second-order valence-corrected chi connectivity index (χ2v) is 3.20. The molecule has 86 valence electrons. The Morgan fingerprint density at radius 2 is 1.88 bits per heavy atom.